The third kappa shape index (κ3) is 4.39. The summed E-state index contributed by atoms with van der Waals surface area (Å²) in [6.07, 6.45) is -0.696. The fraction of sp³-hybridized carbons (Fsp3) is 0.188. The highest BCUT2D eigenvalue weighted by molar-refractivity contribution is 6.30. The second-order valence-electron chi connectivity index (χ2n) is 4.45. The van der Waals surface area contributed by atoms with E-state index in [-0.39, 0.29) is 6.42 Å². The van der Waals surface area contributed by atoms with E-state index < -0.39 is 12.1 Å². The van der Waals surface area contributed by atoms with Crippen LogP contribution in [0.2, 0.25) is 5.02 Å². The van der Waals surface area contributed by atoms with E-state index in [4.69, 9.17) is 21.1 Å². The molecular formula is C16H15ClO4. The Kier molecular flexibility index (Phi) is 5.06. The number of aliphatic carboxylic acids is 1. The lowest BCUT2D eigenvalue weighted by Crippen LogP contribution is -2.29. The normalized spacial score (nSPS) is 11.7. The van der Waals surface area contributed by atoms with Gasteiger partial charge in [-0.2, -0.15) is 0 Å². The van der Waals surface area contributed by atoms with E-state index in [1.807, 2.05) is 0 Å². The Morgan fingerprint density at radius 2 is 1.67 bits per heavy atom. The van der Waals surface area contributed by atoms with Crippen LogP contribution in [0.4, 0.5) is 0 Å². The van der Waals surface area contributed by atoms with Crippen LogP contribution in [0, 0.1) is 0 Å². The minimum absolute atomic E-state index is 0.262. The van der Waals surface area contributed by atoms with Gasteiger partial charge in [-0.05, 0) is 42.0 Å². The summed E-state index contributed by atoms with van der Waals surface area (Å²) in [6, 6.07) is 13.8. The summed E-state index contributed by atoms with van der Waals surface area (Å²) in [5.74, 6) is 0.157. The molecule has 0 saturated carbocycles. The van der Waals surface area contributed by atoms with Crippen LogP contribution >= 0.6 is 11.6 Å². The molecule has 2 aromatic rings. The summed E-state index contributed by atoms with van der Waals surface area (Å²) < 4.78 is 10.6. The molecular weight excluding hydrogens is 292 g/mol. The van der Waals surface area contributed by atoms with Crippen LogP contribution in [-0.2, 0) is 11.2 Å². The number of rotatable bonds is 6. The summed E-state index contributed by atoms with van der Waals surface area (Å²) >= 11 is 5.81. The van der Waals surface area contributed by atoms with E-state index in [9.17, 15) is 9.90 Å². The number of hydrogen-bond donors (Lipinski definition) is 1. The Balaban J connectivity index is 2.07. The molecule has 0 fully saturated rings. The van der Waals surface area contributed by atoms with Gasteiger partial charge in [0.2, 0.25) is 0 Å². The van der Waals surface area contributed by atoms with Gasteiger partial charge in [0, 0.05) is 11.4 Å². The van der Waals surface area contributed by atoms with Crippen molar-refractivity contribution in [1.82, 2.24) is 0 Å². The quantitative estimate of drug-likeness (QED) is 0.888. The molecule has 0 radical (unpaired) electrons. The SMILES string of the molecule is COc1ccc(O[C@H](Cc2ccc(Cl)cc2)C(=O)O)cc1. The molecule has 0 aliphatic rings. The molecule has 5 heteroatoms. The lowest BCUT2D eigenvalue weighted by atomic mass is 10.1. The topological polar surface area (TPSA) is 55.8 Å². The van der Waals surface area contributed by atoms with Crippen molar-refractivity contribution in [2.45, 2.75) is 12.5 Å². The first-order valence-electron chi connectivity index (χ1n) is 6.36. The Morgan fingerprint density at radius 1 is 1.10 bits per heavy atom. The zero-order valence-electron chi connectivity index (χ0n) is 11.5. The molecule has 0 saturated heterocycles. The number of ether oxygens (including phenoxy) is 2. The van der Waals surface area contributed by atoms with Gasteiger partial charge in [-0.3, -0.25) is 0 Å². The Morgan fingerprint density at radius 3 is 2.19 bits per heavy atom. The van der Waals surface area contributed by atoms with Crippen molar-refractivity contribution in [2.24, 2.45) is 0 Å². The smallest absolute Gasteiger partial charge is 0.345 e. The number of benzene rings is 2. The van der Waals surface area contributed by atoms with Gasteiger partial charge in [0.05, 0.1) is 7.11 Å². The summed E-state index contributed by atoms with van der Waals surface area (Å²) in [7, 11) is 1.57. The van der Waals surface area contributed by atoms with Gasteiger partial charge in [0.15, 0.2) is 6.10 Å². The van der Waals surface area contributed by atoms with Crippen LogP contribution in [-0.4, -0.2) is 24.3 Å². The van der Waals surface area contributed by atoms with E-state index in [0.717, 1.165) is 5.56 Å². The minimum atomic E-state index is -1.01. The molecule has 0 amide bonds. The van der Waals surface area contributed by atoms with Gasteiger partial charge in [-0.15, -0.1) is 0 Å². The third-order valence-corrected chi connectivity index (χ3v) is 3.20. The van der Waals surface area contributed by atoms with Crippen molar-refractivity contribution in [1.29, 1.82) is 0 Å². The molecule has 0 bridgehead atoms. The first-order chi connectivity index (χ1) is 10.1. The predicted octanol–water partition coefficient (Wildman–Crippen LogP) is 3.42. The average molecular weight is 307 g/mol. The number of carboxylic acids is 1. The predicted molar refractivity (Wildman–Crippen MR) is 80.2 cm³/mol. The van der Waals surface area contributed by atoms with Crippen LogP contribution in [0.3, 0.4) is 0 Å². The van der Waals surface area contributed by atoms with Crippen molar-refractivity contribution >= 4 is 17.6 Å². The first kappa shape index (κ1) is 15.2. The fourth-order valence-electron chi connectivity index (χ4n) is 1.83. The average Bonchev–Trinajstić information content (AvgIpc) is 2.49. The Hall–Kier alpha value is -2.20. The highest BCUT2D eigenvalue weighted by Gasteiger charge is 2.20. The van der Waals surface area contributed by atoms with E-state index in [1.54, 1.807) is 55.6 Å². The molecule has 0 aliphatic carbocycles. The second kappa shape index (κ2) is 6.99. The first-order valence-corrected chi connectivity index (χ1v) is 6.74. The summed E-state index contributed by atoms with van der Waals surface area (Å²) in [4.78, 5) is 11.3. The number of carbonyl (C=O) groups is 1. The van der Waals surface area contributed by atoms with Crippen molar-refractivity contribution in [3.8, 4) is 11.5 Å². The number of methoxy groups -OCH3 is 1. The Bertz CT molecular complexity index is 593. The molecule has 21 heavy (non-hydrogen) atoms. The lowest BCUT2D eigenvalue weighted by molar-refractivity contribution is -0.145. The molecule has 1 N–H and O–H groups in total. The van der Waals surface area contributed by atoms with Gasteiger partial charge in [0.1, 0.15) is 11.5 Å². The fourth-order valence-corrected chi connectivity index (χ4v) is 1.96. The Labute approximate surface area is 127 Å². The van der Waals surface area contributed by atoms with E-state index in [1.165, 1.54) is 0 Å². The maximum atomic E-state index is 11.3. The monoisotopic (exact) mass is 306 g/mol. The third-order valence-electron chi connectivity index (χ3n) is 2.95. The maximum Gasteiger partial charge on any atom is 0.345 e. The van der Waals surface area contributed by atoms with Gasteiger partial charge in [-0.25, -0.2) is 4.79 Å². The molecule has 0 unspecified atom stereocenters. The zero-order valence-corrected chi connectivity index (χ0v) is 12.2. The van der Waals surface area contributed by atoms with E-state index in [2.05, 4.69) is 0 Å². The summed E-state index contributed by atoms with van der Waals surface area (Å²) in [5.41, 5.74) is 0.848. The van der Waals surface area contributed by atoms with Crippen molar-refractivity contribution in [3.05, 3.63) is 59.1 Å². The van der Waals surface area contributed by atoms with Crippen LogP contribution in [0.25, 0.3) is 0 Å². The van der Waals surface area contributed by atoms with E-state index >= 15 is 0 Å². The maximum absolute atomic E-state index is 11.3. The van der Waals surface area contributed by atoms with Crippen molar-refractivity contribution in [2.75, 3.05) is 7.11 Å². The van der Waals surface area contributed by atoms with Gasteiger partial charge in [0.25, 0.3) is 0 Å². The van der Waals surface area contributed by atoms with Crippen LogP contribution in [0.1, 0.15) is 5.56 Å². The molecule has 0 aliphatic heterocycles. The minimum Gasteiger partial charge on any atom is -0.497 e. The lowest BCUT2D eigenvalue weighted by Gasteiger charge is -2.15. The van der Waals surface area contributed by atoms with Crippen molar-refractivity contribution < 1.29 is 19.4 Å². The van der Waals surface area contributed by atoms with Gasteiger partial charge < -0.3 is 14.6 Å². The molecule has 110 valence electrons. The van der Waals surface area contributed by atoms with Crippen LogP contribution < -0.4 is 9.47 Å². The van der Waals surface area contributed by atoms with Gasteiger partial charge >= 0.3 is 5.97 Å². The molecule has 2 rings (SSSR count). The van der Waals surface area contributed by atoms with E-state index in [0.29, 0.717) is 16.5 Å². The van der Waals surface area contributed by atoms with Gasteiger partial charge in [-0.1, -0.05) is 23.7 Å². The number of halogens is 1. The molecule has 4 nitrogen and oxygen atoms in total. The largest absolute Gasteiger partial charge is 0.497 e. The number of hydrogen-bond acceptors (Lipinski definition) is 3. The summed E-state index contributed by atoms with van der Waals surface area (Å²) in [5, 5.41) is 9.89. The molecule has 0 aromatic heterocycles. The standard InChI is InChI=1S/C16H15ClO4/c1-20-13-6-8-14(9-7-13)21-15(16(18)19)10-11-2-4-12(17)5-3-11/h2-9,15H,10H2,1H3,(H,18,19)/t15-/m1/s1. The zero-order chi connectivity index (χ0) is 15.2. The highest BCUT2D eigenvalue weighted by atomic mass is 35.5. The second-order valence-corrected chi connectivity index (χ2v) is 4.89. The molecule has 0 heterocycles. The number of carboxylic acid groups (broad SMARTS) is 1. The van der Waals surface area contributed by atoms with Crippen molar-refractivity contribution in [3.63, 3.8) is 0 Å². The molecule has 0 spiro atoms. The summed E-state index contributed by atoms with van der Waals surface area (Å²) in [6.45, 7) is 0. The molecule has 2 aromatic carbocycles. The van der Waals surface area contributed by atoms with Crippen LogP contribution in [0.15, 0.2) is 48.5 Å². The highest BCUT2D eigenvalue weighted by Crippen LogP contribution is 2.20. The van der Waals surface area contributed by atoms with Crippen LogP contribution in [0.5, 0.6) is 11.5 Å². The molecule has 1 atom stereocenters.